The topological polar surface area (TPSA) is 54.9 Å². The van der Waals surface area contributed by atoms with E-state index in [4.69, 9.17) is 32.7 Å². The molecule has 4 rings (SSSR count). The predicted octanol–water partition coefficient (Wildman–Crippen LogP) is 5.77. The Bertz CT molecular complexity index is 1230. The van der Waals surface area contributed by atoms with Crippen molar-refractivity contribution in [1.29, 1.82) is 0 Å². The molecule has 0 saturated carbocycles. The molecule has 0 radical (unpaired) electrons. The molecule has 1 aliphatic rings. The molecular weight excluding hydrogens is 473 g/mol. The van der Waals surface area contributed by atoms with E-state index in [1.165, 1.54) is 0 Å². The molecule has 8 heteroatoms. The van der Waals surface area contributed by atoms with E-state index in [-0.39, 0.29) is 0 Å². The molecule has 0 bridgehead atoms. The maximum absolute atomic E-state index is 13.3. The highest BCUT2D eigenvalue weighted by Gasteiger charge is 2.52. The third kappa shape index (κ3) is 3.65. The van der Waals surface area contributed by atoms with E-state index < -0.39 is 11.6 Å². The van der Waals surface area contributed by atoms with E-state index >= 15 is 0 Å². The van der Waals surface area contributed by atoms with Crippen LogP contribution in [0.5, 0.6) is 5.75 Å². The lowest BCUT2D eigenvalue weighted by Crippen LogP contribution is -2.32. The van der Waals surface area contributed by atoms with Crippen molar-refractivity contribution >= 4 is 40.5 Å². The highest BCUT2D eigenvalue weighted by Crippen LogP contribution is 2.53. The molecule has 1 unspecified atom stereocenters. The van der Waals surface area contributed by atoms with Crippen molar-refractivity contribution in [3.05, 3.63) is 81.1 Å². The number of aromatic nitrogens is 1. The largest absolute Gasteiger partial charge is 0.495 e. The zero-order chi connectivity index (χ0) is 24.6. The first-order chi connectivity index (χ1) is 16.3. The number of nitrogens with zero attached hydrogens (tertiary/aromatic N) is 3. The summed E-state index contributed by atoms with van der Waals surface area (Å²) in [5, 5.41) is 0.937. The standard InChI is InChI=1S/C26H27Cl2N3O3/c1-6-31(7-2)20-12-11-17(24(33-5)23(20)28)26(22-10-8-9-13-29-22)18-15-19(27)21(30(3)4)14-16(18)25(32)34-26/h8-15H,6-7H2,1-5H3. The SMILES string of the molecule is CCN(CC)c1ccc(C2(c3ccccn3)OC(=O)c3cc(N(C)C)c(Cl)cc32)c(OC)c1Cl. The molecule has 0 aliphatic carbocycles. The van der Waals surface area contributed by atoms with Gasteiger partial charge in [-0.3, -0.25) is 4.98 Å². The Labute approximate surface area is 210 Å². The second kappa shape index (κ2) is 9.35. The van der Waals surface area contributed by atoms with Gasteiger partial charge in [-0.15, -0.1) is 0 Å². The minimum atomic E-state index is -1.38. The number of benzene rings is 2. The fourth-order valence-corrected chi connectivity index (χ4v) is 5.24. The Morgan fingerprint density at radius 3 is 2.35 bits per heavy atom. The average Bonchev–Trinajstić information content (AvgIpc) is 3.12. The number of hydrogen-bond acceptors (Lipinski definition) is 6. The number of carbonyl (C=O) groups is 1. The Hall–Kier alpha value is -2.96. The predicted molar refractivity (Wildman–Crippen MR) is 137 cm³/mol. The summed E-state index contributed by atoms with van der Waals surface area (Å²) in [6, 6.07) is 12.8. The molecule has 6 nitrogen and oxygen atoms in total. The maximum Gasteiger partial charge on any atom is 0.340 e. The molecule has 0 spiro atoms. The van der Waals surface area contributed by atoms with Gasteiger partial charge in [-0.1, -0.05) is 29.3 Å². The highest BCUT2D eigenvalue weighted by atomic mass is 35.5. The summed E-state index contributed by atoms with van der Waals surface area (Å²) in [4.78, 5) is 21.8. The second-order valence-electron chi connectivity index (χ2n) is 8.18. The number of anilines is 2. The zero-order valence-electron chi connectivity index (χ0n) is 19.9. The van der Waals surface area contributed by atoms with Gasteiger partial charge in [0, 0.05) is 38.9 Å². The number of carbonyl (C=O) groups excluding carboxylic acids is 1. The van der Waals surface area contributed by atoms with E-state index in [0.717, 1.165) is 24.5 Å². The number of halogens is 2. The molecule has 178 valence electrons. The van der Waals surface area contributed by atoms with Crippen LogP contribution in [0.15, 0.2) is 48.7 Å². The molecule has 1 aliphatic heterocycles. The van der Waals surface area contributed by atoms with Crippen molar-refractivity contribution in [3.63, 3.8) is 0 Å². The Kier molecular flexibility index (Phi) is 6.65. The van der Waals surface area contributed by atoms with Crippen molar-refractivity contribution < 1.29 is 14.3 Å². The van der Waals surface area contributed by atoms with Crippen LogP contribution in [0.4, 0.5) is 11.4 Å². The van der Waals surface area contributed by atoms with Gasteiger partial charge in [0.15, 0.2) is 0 Å². The minimum Gasteiger partial charge on any atom is -0.495 e. The lowest BCUT2D eigenvalue weighted by atomic mass is 9.81. The lowest BCUT2D eigenvalue weighted by Gasteiger charge is -2.32. The summed E-state index contributed by atoms with van der Waals surface area (Å²) >= 11 is 13.6. The highest BCUT2D eigenvalue weighted by molar-refractivity contribution is 6.35. The van der Waals surface area contributed by atoms with Crippen LogP contribution >= 0.6 is 23.2 Å². The van der Waals surface area contributed by atoms with Gasteiger partial charge in [-0.25, -0.2) is 4.79 Å². The number of esters is 1. The monoisotopic (exact) mass is 499 g/mol. The summed E-state index contributed by atoms with van der Waals surface area (Å²) < 4.78 is 12.0. The van der Waals surface area contributed by atoms with Crippen LogP contribution in [0.3, 0.4) is 0 Å². The van der Waals surface area contributed by atoms with Gasteiger partial charge in [-0.2, -0.15) is 0 Å². The van der Waals surface area contributed by atoms with Gasteiger partial charge >= 0.3 is 5.97 Å². The summed E-state index contributed by atoms with van der Waals surface area (Å²) in [6.07, 6.45) is 1.66. The number of pyridine rings is 1. The Morgan fingerprint density at radius 1 is 1.03 bits per heavy atom. The normalized spacial score (nSPS) is 16.7. The van der Waals surface area contributed by atoms with E-state index in [2.05, 4.69) is 23.7 Å². The van der Waals surface area contributed by atoms with Crippen LogP contribution < -0.4 is 14.5 Å². The van der Waals surface area contributed by atoms with Crippen molar-refractivity contribution in [1.82, 2.24) is 4.98 Å². The Balaban J connectivity index is 2.07. The van der Waals surface area contributed by atoms with E-state index in [9.17, 15) is 4.79 Å². The van der Waals surface area contributed by atoms with E-state index in [1.54, 1.807) is 25.4 Å². The number of methoxy groups -OCH3 is 1. The molecule has 2 aromatic carbocycles. The fourth-order valence-electron chi connectivity index (χ4n) is 4.54. The number of hydrogen-bond donors (Lipinski definition) is 0. The van der Waals surface area contributed by atoms with E-state index in [0.29, 0.717) is 38.2 Å². The van der Waals surface area contributed by atoms with Crippen molar-refractivity contribution in [2.45, 2.75) is 19.4 Å². The van der Waals surface area contributed by atoms with Crippen LogP contribution in [-0.2, 0) is 10.3 Å². The van der Waals surface area contributed by atoms with Crippen molar-refractivity contribution in [2.24, 2.45) is 0 Å². The first-order valence-corrected chi connectivity index (χ1v) is 11.8. The molecule has 0 amide bonds. The third-order valence-corrected chi connectivity index (χ3v) is 6.87. The van der Waals surface area contributed by atoms with E-state index in [1.807, 2.05) is 49.3 Å². The minimum absolute atomic E-state index is 0.421. The van der Waals surface area contributed by atoms with Crippen LogP contribution in [0.1, 0.15) is 41.0 Å². The summed E-state index contributed by atoms with van der Waals surface area (Å²) in [5.41, 5.74) is 2.31. The van der Waals surface area contributed by atoms with Crippen LogP contribution in [0.2, 0.25) is 10.0 Å². The van der Waals surface area contributed by atoms with Gasteiger partial charge in [0.25, 0.3) is 0 Å². The number of fused-ring (bicyclic) bond motifs is 1. The fraction of sp³-hybridized carbons (Fsp3) is 0.308. The van der Waals surface area contributed by atoms with Gasteiger partial charge in [0.1, 0.15) is 10.8 Å². The molecule has 1 aromatic heterocycles. The van der Waals surface area contributed by atoms with Gasteiger partial charge in [0.05, 0.1) is 40.3 Å². The van der Waals surface area contributed by atoms with Gasteiger partial charge < -0.3 is 19.3 Å². The molecule has 2 heterocycles. The molecule has 0 N–H and O–H groups in total. The summed E-state index contributed by atoms with van der Waals surface area (Å²) in [7, 11) is 5.30. The zero-order valence-corrected chi connectivity index (χ0v) is 21.4. The molecule has 0 fully saturated rings. The molecule has 1 atom stereocenters. The number of rotatable bonds is 7. The maximum atomic E-state index is 13.3. The first-order valence-electron chi connectivity index (χ1n) is 11.1. The summed E-state index contributed by atoms with van der Waals surface area (Å²) in [6.45, 7) is 5.69. The summed E-state index contributed by atoms with van der Waals surface area (Å²) in [5.74, 6) is -0.0448. The molecule has 3 aromatic rings. The average molecular weight is 500 g/mol. The van der Waals surface area contributed by atoms with Crippen LogP contribution in [0, 0.1) is 0 Å². The van der Waals surface area contributed by atoms with Gasteiger partial charge in [0.2, 0.25) is 5.60 Å². The van der Waals surface area contributed by atoms with Crippen LogP contribution in [-0.4, -0.2) is 45.2 Å². The molecule has 34 heavy (non-hydrogen) atoms. The quantitative estimate of drug-likeness (QED) is 0.384. The molecule has 0 saturated heterocycles. The van der Waals surface area contributed by atoms with Crippen molar-refractivity contribution in [2.75, 3.05) is 44.1 Å². The number of ether oxygens (including phenoxy) is 2. The number of cyclic esters (lactones) is 1. The second-order valence-corrected chi connectivity index (χ2v) is 8.97. The molecular formula is C26H27Cl2N3O3. The van der Waals surface area contributed by atoms with Gasteiger partial charge in [-0.05, 0) is 50.2 Å². The first kappa shape index (κ1) is 24.2. The smallest absolute Gasteiger partial charge is 0.340 e. The lowest BCUT2D eigenvalue weighted by molar-refractivity contribution is 0.0232. The van der Waals surface area contributed by atoms with Crippen molar-refractivity contribution in [3.8, 4) is 5.75 Å². The third-order valence-electron chi connectivity index (χ3n) is 6.20. The van der Waals surface area contributed by atoms with Crippen LogP contribution in [0.25, 0.3) is 0 Å². The Morgan fingerprint density at radius 2 is 1.76 bits per heavy atom.